The van der Waals surface area contributed by atoms with Gasteiger partial charge in [0.15, 0.2) is 0 Å². The number of amides is 1. The molecule has 0 aromatic heterocycles. The van der Waals surface area contributed by atoms with E-state index in [9.17, 15) is 9.59 Å². The summed E-state index contributed by atoms with van der Waals surface area (Å²) in [5.74, 6) is -0.271. The van der Waals surface area contributed by atoms with Gasteiger partial charge in [-0.25, -0.2) is 4.79 Å². The van der Waals surface area contributed by atoms with Crippen LogP contribution in [-0.2, 0) is 14.3 Å². The molecule has 0 unspecified atom stereocenters. The number of esters is 1. The molecule has 158 valence electrons. The van der Waals surface area contributed by atoms with Gasteiger partial charge >= 0.3 is 5.97 Å². The highest BCUT2D eigenvalue weighted by atomic mass is 16.5. The van der Waals surface area contributed by atoms with Gasteiger partial charge in [0.2, 0.25) is 0 Å². The number of benzene rings is 1. The van der Waals surface area contributed by atoms with E-state index in [0.29, 0.717) is 36.6 Å². The summed E-state index contributed by atoms with van der Waals surface area (Å²) in [5, 5.41) is 2.88. The molecular weight excluding hydrogens is 358 g/mol. The van der Waals surface area contributed by atoms with E-state index >= 15 is 0 Å². The van der Waals surface area contributed by atoms with Gasteiger partial charge in [-0.05, 0) is 44.9 Å². The Balaban J connectivity index is 2.98. The monoisotopic (exact) mass is 393 g/mol. The van der Waals surface area contributed by atoms with Crippen LogP contribution in [0.2, 0.25) is 0 Å². The molecule has 0 radical (unpaired) electrons. The first kappa shape index (κ1) is 24.0. The lowest BCUT2D eigenvalue weighted by Crippen LogP contribution is -2.42. The minimum atomic E-state index is -0.911. The lowest BCUT2D eigenvalue weighted by atomic mass is 9.96. The average Bonchev–Trinajstić information content (AvgIpc) is 2.68. The molecule has 1 rings (SSSR count). The highest BCUT2D eigenvalue weighted by molar-refractivity contribution is 5.99. The molecule has 1 aromatic carbocycles. The summed E-state index contributed by atoms with van der Waals surface area (Å²) in [6.45, 7) is 8.85. The minimum absolute atomic E-state index is 0.221. The first-order chi connectivity index (χ1) is 13.4. The zero-order chi connectivity index (χ0) is 21.0. The number of nitrogens with one attached hydrogen (secondary N) is 1. The highest BCUT2D eigenvalue weighted by Crippen LogP contribution is 2.27. The Bertz CT molecular complexity index is 631. The number of hydrogen-bond acceptors (Lipinski definition) is 5. The Kier molecular flexibility index (Phi) is 10.6. The molecule has 0 aliphatic carbocycles. The van der Waals surface area contributed by atoms with Crippen LogP contribution in [0.5, 0.6) is 5.75 Å². The van der Waals surface area contributed by atoms with E-state index in [1.807, 2.05) is 13.8 Å². The van der Waals surface area contributed by atoms with E-state index in [2.05, 4.69) is 19.2 Å². The van der Waals surface area contributed by atoms with Crippen LogP contribution < -0.4 is 10.1 Å². The van der Waals surface area contributed by atoms with Crippen molar-refractivity contribution in [2.75, 3.05) is 25.6 Å². The standard InChI is InChI=1S/C22H35NO5/c1-6-9-11-14-22(4,28-8-3)21(25)23-17-12-13-19(27-15-10-7-2)18(16-17)20(24)26-5/h12-13,16H,6-11,14-15H2,1-5H3,(H,23,25)/t22-/m0/s1. The number of ether oxygens (including phenoxy) is 3. The fourth-order valence-electron chi connectivity index (χ4n) is 2.87. The van der Waals surface area contributed by atoms with Crippen LogP contribution in [0.3, 0.4) is 0 Å². The molecule has 1 amide bonds. The molecule has 1 atom stereocenters. The second kappa shape index (κ2) is 12.4. The van der Waals surface area contributed by atoms with Crippen molar-refractivity contribution in [3.63, 3.8) is 0 Å². The molecule has 6 nitrogen and oxygen atoms in total. The van der Waals surface area contributed by atoms with Gasteiger partial charge in [-0.15, -0.1) is 0 Å². The molecule has 28 heavy (non-hydrogen) atoms. The van der Waals surface area contributed by atoms with E-state index in [1.54, 1.807) is 18.2 Å². The van der Waals surface area contributed by atoms with Crippen molar-refractivity contribution in [3.05, 3.63) is 23.8 Å². The zero-order valence-corrected chi connectivity index (χ0v) is 17.9. The zero-order valence-electron chi connectivity index (χ0n) is 17.9. The van der Waals surface area contributed by atoms with Gasteiger partial charge in [0.05, 0.1) is 13.7 Å². The molecule has 0 fully saturated rings. The Morgan fingerprint density at radius 2 is 1.79 bits per heavy atom. The minimum Gasteiger partial charge on any atom is -0.493 e. The number of methoxy groups -OCH3 is 1. The van der Waals surface area contributed by atoms with Gasteiger partial charge in [0, 0.05) is 12.3 Å². The maximum Gasteiger partial charge on any atom is 0.341 e. The van der Waals surface area contributed by atoms with Crippen molar-refractivity contribution >= 4 is 17.6 Å². The summed E-state index contributed by atoms with van der Waals surface area (Å²) in [5.41, 5.74) is -0.110. The molecule has 0 heterocycles. The predicted octanol–water partition coefficient (Wildman–Crippen LogP) is 4.97. The van der Waals surface area contributed by atoms with Gasteiger partial charge < -0.3 is 19.5 Å². The summed E-state index contributed by atoms with van der Waals surface area (Å²) in [6.07, 6.45) is 5.57. The van der Waals surface area contributed by atoms with E-state index in [1.165, 1.54) is 7.11 Å². The van der Waals surface area contributed by atoms with Crippen LogP contribution in [-0.4, -0.2) is 37.8 Å². The van der Waals surface area contributed by atoms with Gasteiger partial charge in [-0.2, -0.15) is 0 Å². The smallest absolute Gasteiger partial charge is 0.341 e. The van der Waals surface area contributed by atoms with Gasteiger partial charge in [-0.3, -0.25) is 4.79 Å². The Morgan fingerprint density at radius 3 is 2.39 bits per heavy atom. The molecule has 1 aromatic rings. The summed E-state index contributed by atoms with van der Waals surface area (Å²) in [4.78, 5) is 25.0. The third-order valence-electron chi connectivity index (χ3n) is 4.60. The quantitative estimate of drug-likeness (QED) is 0.378. The van der Waals surface area contributed by atoms with E-state index in [4.69, 9.17) is 14.2 Å². The second-order valence-corrected chi connectivity index (χ2v) is 6.98. The molecule has 0 saturated heterocycles. The van der Waals surface area contributed by atoms with Gasteiger partial charge in [0.1, 0.15) is 16.9 Å². The number of anilines is 1. The van der Waals surface area contributed by atoms with E-state index in [0.717, 1.165) is 32.1 Å². The topological polar surface area (TPSA) is 73.9 Å². The van der Waals surface area contributed by atoms with Crippen LogP contribution in [0.15, 0.2) is 18.2 Å². The highest BCUT2D eigenvalue weighted by Gasteiger charge is 2.33. The third kappa shape index (κ3) is 7.15. The molecule has 0 aliphatic heterocycles. The first-order valence-corrected chi connectivity index (χ1v) is 10.2. The van der Waals surface area contributed by atoms with Crippen LogP contribution in [0.25, 0.3) is 0 Å². The molecule has 0 spiro atoms. The second-order valence-electron chi connectivity index (χ2n) is 6.98. The number of carbonyl (C=O) groups excluding carboxylic acids is 2. The third-order valence-corrected chi connectivity index (χ3v) is 4.60. The lowest BCUT2D eigenvalue weighted by Gasteiger charge is -2.28. The maximum atomic E-state index is 12.9. The Hall–Kier alpha value is -2.08. The van der Waals surface area contributed by atoms with Crippen molar-refractivity contribution < 1.29 is 23.8 Å². The van der Waals surface area contributed by atoms with Crippen LogP contribution in [0.4, 0.5) is 5.69 Å². The SMILES string of the molecule is CCCCC[C@](C)(OCC)C(=O)Nc1ccc(OCCCC)c(C(=O)OC)c1. The summed E-state index contributed by atoms with van der Waals surface area (Å²) in [7, 11) is 1.32. The fourth-order valence-corrected chi connectivity index (χ4v) is 2.87. The van der Waals surface area contributed by atoms with Crippen molar-refractivity contribution in [3.8, 4) is 5.75 Å². The van der Waals surface area contributed by atoms with Crippen molar-refractivity contribution in [2.45, 2.75) is 71.8 Å². The van der Waals surface area contributed by atoms with E-state index < -0.39 is 11.6 Å². The van der Waals surface area contributed by atoms with Crippen molar-refractivity contribution in [1.29, 1.82) is 0 Å². The number of unbranched alkanes of at least 4 members (excludes halogenated alkanes) is 3. The van der Waals surface area contributed by atoms with Crippen molar-refractivity contribution in [2.24, 2.45) is 0 Å². The lowest BCUT2D eigenvalue weighted by molar-refractivity contribution is -0.139. The largest absolute Gasteiger partial charge is 0.493 e. The number of carbonyl (C=O) groups is 2. The molecule has 6 heteroatoms. The Labute approximate surface area is 168 Å². The van der Waals surface area contributed by atoms with Gasteiger partial charge in [0.25, 0.3) is 5.91 Å². The maximum absolute atomic E-state index is 12.9. The molecule has 1 N–H and O–H groups in total. The Morgan fingerprint density at radius 1 is 1.07 bits per heavy atom. The molecule has 0 bridgehead atoms. The predicted molar refractivity (Wildman–Crippen MR) is 111 cm³/mol. The number of hydrogen-bond donors (Lipinski definition) is 1. The first-order valence-electron chi connectivity index (χ1n) is 10.2. The van der Waals surface area contributed by atoms with Gasteiger partial charge in [-0.1, -0.05) is 39.5 Å². The van der Waals surface area contributed by atoms with Crippen molar-refractivity contribution in [1.82, 2.24) is 0 Å². The molecular formula is C22H35NO5. The molecule has 0 aliphatic rings. The van der Waals surface area contributed by atoms with Crippen LogP contribution >= 0.6 is 0 Å². The summed E-state index contributed by atoms with van der Waals surface area (Å²) >= 11 is 0. The number of rotatable bonds is 13. The molecule has 0 saturated carbocycles. The summed E-state index contributed by atoms with van der Waals surface area (Å²) < 4.78 is 16.3. The van der Waals surface area contributed by atoms with Crippen LogP contribution in [0.1, 0.15) is 76.6 Å². The van der Waals surface area contributed by atoms with E-state index in [-0.39, 0.29) is 5.91 Å². The van der Waals surface area contributed by atoms with Crippen LogP contribution in [0, 0.1) is 0 Å². The fraction of sp³-hybridized carbons (Fsp3) is 0.636. The normalized spacial score (nSPS) is 12.9. The average molecular weight is 394 g/mol. The summed E-state index contributed by atoms with van der Waals surface area (Å²) in [6, 6.07) is 5.00.